The summed E-state index contributed by atoms with van der Waals surface area (Å²) in [6.07, 6.45) is 1.33. The first kappa shape index (κ1) is 16.4. The molecule has 3 aromatic rings. The number of carbonyl (C=O) groups excluding carboxylic acids is 3. The summed E-state index contributed by atoms with van der Waals surface area (Å²) in [6, 6.07) is 13.3. The summed E-state index contributed by atoms with van der Waals surface area (Å²) in [5.41, 5.74) is 1.16. The molecule has 0 fully saturated rings. The van der Waals surface area contributed by atoms with E-state index in [4.69, 9.17) is 16.4 Å². The van der Waals surface area contributed by atoms with Crippen molar-refractivity contribution in [1.29, 1.82) is 0 Å². The van der Waals surface area contributed by atoms with Gasteiger partial charge in [0, 0.05) is 10.6 Å². The molecule has 1 aliphatic heterocycles. The van der Waals surface area contributed by atoms with E-state index < -0.39 is 17.8 Å². The predicted octanol–water partition coefficient (Wildman–Crippen LogP) is 3.83. The van der Waals surface area contributed by atoms with Crippen molar-refractivity contribution in [3.05, 3.63) is 75.8 Å². The van der Waals surface area contributed by atoms with Crippen LogP contribution in [0.25, 0.3) is 10.6 Å². The summed E-state index contributed by atoms with van der Waals surface area (Å²) >= 11 is 7.04. The van der Waals surface area contributed by atoms with Crippen molar-refractivity contribution in [2.75, 3.05) is 0 Å². The highest BCUT2D eigenvalue weighted by Crippen LogP contribution is 2.29. The molecule has 1 aromatic heterocycles. The van der Waals surface area contributed by atoms with Gasteiger partial charge in [0.2, 0.25) is 0 Å². The van der Waals surface area contributed by atoms with Crippen LogP contribution in [0, 0.1) is 0 Å². The molecule has 1 aliphatic rings. The third-order valence-corrected chi connectivity index (χ3v) is 4.97. The van der Waals surface area contributed by atoms with Crippen LogP contribution in [0.15, 0.2) is 54.7 Å². The highest BCUT2D eigenvalue weighted by molar-refractivity contribution is 7.16. The van der Waals surface area contributed by atoms with Gasteiger partial charge in [-0.25, -0.2) is 9.78 Å². The fourth-order valence-electron chi connectivity index (χ4n) is 2.50. The van der Waals surface area contributed by atoms with E-state index in [1.54, 1.807) is 30.3 Å². The maximum absolute atomic E-state index is 12.3. The van der Waals surface area contributed by atoms with Crippen LogP contribution < -0.4 is 0 Å². The van der Waals surface area contributed by atoms with Crippen molar-refractivity contribution in [1.82, 2.24) is 10.0 Å². The molecule has 2 amide bonds. The lowest BCUT2D eigenvalue weighted by Crippen LogP contribution is -2.32. The molecule has 6 nitrogen and oxygen atoms in total. The van der Waals surface area contributed by atoms with Gasteiger partial charge >= 0.3 is 5.97 Å². The zero-order valence-corrected chi connectivity index (χ0v) is 14.6. The van der Waals surface area contributed by atoms with E-state index in [2.05, 4.69) is 4.98 Å². The van der Waals surface area contributed by atoms with Gasteiger partial charge < -0.3 is 4.84 Å². The Morgan fingerprint density at radius 3 is 2.38 bits per heavy atom. The number of hydrogen-bond donors (Lipinski definition) is 0. The monoisotopic (exact) mass is 384 g/mol. The Kier molecular flexibility index (Phi) is 4.02. The smallest absolute Gasteiger partial charge is 0.323 e. The molecule has 0 spiro atoms. The summed E-state index contributed by atoms with van der Waals surface area (Å²) in [4.78, 5) is 46.2. The number of amides is 2. The minimum Gasteiger partial charge on any atom is -0.323 e. The summed E-state index contributed by atoms with van der Waals surface area (Å²) in [5, 5.41) is 1.60. The van der Waals surface area contributed by atoms with Crippen LogP contribution in [0.4, 0.5) is 0 Å². The molecule has 8 heteroatoms. The van der Waals surface area contributed by atoms with Crippen LogP contribution in [0.3, 0.4) is 0 Å². The van der Waals surface area contributed by atoms with E-state index in [0.29, 0.717) is 15.1 Å². The van der Waals surface area contributed by atoms with E-state index in [0.717, 1.165) is 16.9 Å². The number of fused-ring (bicyclic) bond motifs is 1. The summed E-state index contributed by atoms with van der Waals surface area (Å²) < 4.78 is 0. The maximum atomic E-state index is 12.3. The average molecular weight is 385 g/mol. The van der Waals surface area contributed by atoms with Crippen molar-refractivity contribution >= 4 is 40.7 Å². The number of aromatic nitrogens is 1. The highest BCUT2D eigenvalue weighted by atomic mass is 35.5. The molecule has 2 heterocycles. The van der Waals surface area contributed by atoms with Gasteiger partial charge in [-0.1, -0.05) is 40.9 Å². The first-order chi connectivity index (χ1) is 12.5. The van der Waals surface area contributed by atoms with E-state index in [1.807, 2.05) is 6.07 Å². The SMILES string of the molecule is O=C(ON1C(=O)c2ccccc2C1=O)c1cnc(-c2cccc(Cl)c2)s1. The number of nitrogens with zero attached hydrogens (tertiary/aromatic N) is 2. The maximum Gasteiger partial charge on any atom is 0.375 e. The third kappa shape index (κ3) is 2.77. The zero-order valence-electron chi connectivity index (χ0n) is 13.0. The minimum atomic E-state index is -0.828. The lowest BCUT2D eigenvalue weighted by atomic mass is 10.1. The van der Waals surface area contributed by atoms with Crippen molar-refractivity contribution in [2.45, 2.75) is 0 Å². The van der Waals surface area contributed by atoms with Gasteiger partial charge in [-0.3, -0.25) is 9.59 Å². The number of carbonyl (C=O) groups is 3. The quantitative estimate of drug-likeness (QED) is 0.641. The Balaban J connectivity index is 1.55. The van der Waals surface area contributed by atoms with Crippen LogP contribution in [0.5, 0.6) is 0 Å². The van der Waals surface area contributed by atoms with Gasteiger partial charge in [0.05, 0.1) is 17.3 Å². The second kappa shape index (κ2) is 6.36. The van der Waals surface area contributed by atoms with Crippen molar-refractivity contribution in [2.24, 2.45) is 0 Å². The fourth-order valence-corrected chi connectivity index (χ4v) is 3.48. The summed E-state index contributed by atoms with van der Waals surface area (Å²) in [5.74, 6) is -2.16. The Bertz CT molecular complexity index is 1030. The fraction of sp³-hybridized carbons (Fsp3) is 0. The van der Waals surface area contributed by atoms with Gasteiger partial charge in [0.25, 0.3) is 11.8 Å². The first-order valence-corrected chi connectivity index (χ1v) is 8.66. The van der Waals surface area contributed by atoms with Crippen molar-refractivity contribution < 1.29 is 19.2 Å². The number of thiazole rings is 1. The standard InChI is InChI=1S/C18H9ClN2O4S/c19-11-5-3-4-10(8-11)15-20-9-14(26-15)18(24)25-21-16(22)12-6-1-2-7-13(12)17(21)23/h1-9H. The molecule has 2 aromatic carbocycles. The number of hydroxylamine groups is 2. The number of benzene rings is 2. The average Bonchev–Trinajstić information content (AvgIpc) is 3.22. The second-order valence-electron chi connectivity index (χ2n) is 5.37. The topological polar surface area (TPSA) is 76.6 Å². The van der Waals surface area contributed by atoms with Gasteiger partial charge in [-0.2, -0.15) is 0 Å². The Morgan fingerprint density at radius 1 is 1.04 bits per heavy atom. The van der Waals surface area contributed by atoms with E-state index >= 15 is 0 Å². The molecule has 0 unspecified atom stereocenters. The Hall–Kier alpha value is -3.03. The van der Waals surface area contributed by atoms with Crippen LogP contribution in [-0.2, 0) is 4.84 Å². The lowest BCUT2D eigenvalue weighted by Gasteiger charge is -2.11. The Morgan fingerprint density at radius 2 is 1.73 bits per heavy atom. The third-order valence-electron chi connectivity index (χ3n) is 3.71. The molecule has 0 atom stereocenters. The van der Waals surface area contributed by atoms with Gasteiger partial charge in [-0.15, -0.1) is 11.3 Å². The van der Waals surface area contributed by atoms with Crippen LogP contribution >= 0.6 is 22.9 Å². The van der Waals surface area contributed by atoms with Crippen LogP contribution in [0.1, 0.15) is 30.4 Å². The number of halogens is 1. The van der Waals surface area contributed by atoms with Crippen LogP contribution in [0.2, 0.25) is 5.02 Å². The molecule has 128 valence electrons. The molecule has 0 saturated heterocycles. The molecule has 26 heavy (non-hydrogen) atoms. The minimum absolute atomic E-state index is 0.163. The Labute approximate surface area is 156 Å². The summed E-state index contributed by atoms with van der Waals surface area (Å²) in [7, 11) is 0. The number of hydrogen-bond acceptors (Lipinski definition) is 6. The van der Waals surface area contributed by atoms with E-state index in [9.17, 15) is 14.4 Å². The molecule has 0 bridgehead atoms. The molecule has 0 N–H and O–H groups in total. The van der Waals surface area contributed by atoms with Crippen LogP contribution in [-0.4, -0.2) is 27.8 Å². The normalized spacial score (nSPS) is 13.0. The first-order valence-electron chi connectivity index (χ1n) is 7.46. The van der Waals surface area contributed by atoms with Crippen molar-refractivity contribution in [3.63, 3.8) is 0 Å². The molecule has 0 saturated carbocycles. The van der Waals surface area contributed by atoms with E-state index in [-0.39, 0.29) is 16.0 Å². The second-order valence-corrected chi connectivity index (χ2v) is 6.84. The highest BCUT2D eigenvalue weighted by Gasteiger charge is 2.39. The van der Waals surface area contributed by atoms with Gasteiger partial charge in [-0.05, 0) is 24.3 Å². The zero-order chi connectivity index (χ0) is 18.3. The van der Waals surface area contributed by atoms with Gasteiger partial charge in [0.15, 0.2) is 0 Å². The van der Waals surface area contributed by atoms with E-state index in [1.165, 1.54) is 18.3 Å². The largest absolute Gasteiger partial charge is 0.375 e. The van der Waals surface area contributed by atoms with Gasteiger partial charge in [0.1, 0.15) is 9.88 Å². The summed E-state index contributed by atoms with van der Waals surface area (Å²) in [6.45, 7) is 0. The molecular formula is C18H9ClN2O4S. The number of imide groups is 1. The predicted molar refractivity (Wildman–Crippen MR) is 94.9 cm³/mol. The number of rotatable bonds is 3. The molecular weight excluding hydrogens is 376 g/mol. The lowest BCUT2D eigenvalue weighted by molar-refractivity contribution is -0.0581. The van der Waals surface area contributed by atoms with Crippen molar-refractivity contribution in [3.8, 4) is 10.6 Å². The molecule has 0 aliphatic carbocycles. The molecule has 0 radical (unpaired) electrons. The molecule has 4 rings (SSSR count).